The van der Waals surface area contributed by atoms with Gasteiger partial charge in [-0.3, -0.25) is 0 Å². The topological polar surface area (TPSA) is 77.3 Å². The molecule has 278 valence electrons. The van der Waals surface area contributed by atoms with E-state index in [0.29, 0.717) is 34.9 Å². The van der Waals surface area contributed by atoms with Gasteiger partial charge in [0.15, 0.2) is 34.9 Å². The van der Waals surface area contributed by atoms with Crippen LogP contribution < -0.4 is 5.30 Å². The van der Waals surface area contributed by atoms with Crippen molar-refractivity contribution in [3.8, 4) is 90.6 Å². The fraction of sp³-hybridized carbons (Fsp3) is 0.0392. The summed E-state index contributed by atoms with van der Waals surface area (Å²) in [6.45, 7) is 3.05. The highest BCUT2D eigenvalue weighted by Gasteiger charge is 2.16. The van der Waals surface area contributed by atoms with Gasteiger partial charge in [0.1, 0.15) is 0 Å². The molecule has 0 unspecified atom stereocenters. The van der Waals surface area contributed by atoms with E-state index in [1.54, 1.807) is 0 Å². The third-order valence-electron chi connectivity index (χ3n) is 9.94. The second-order valence-electron chi connectivity index (χ2n) is 14.7. The Morgan fingerprint density at radius 2 is 0.517 bits per heavy atom. The average Bonchev–Trinajstić information content (AvgIpc) is 3.29. The molecule has 0 atom stereocenters. The van der Waals surface area contributed by atoms with E-state index >= 15 is 0 Å². The van der Waals surface area contributed by atoms with Crippen molar-refractivity contribution >= 4 is 18.5 Å². The van der Waals surface area contributed by atoms with Crippen molar-refractivity contribution in [2.75, 3.05) is 13.3 Å². The first kappa shape index (κ1) is 36.5. The molecule has 0 spiro atoms. The van der Waals surface area contributed by atoms with Crippen molar-refractivity contribution in [1.29, 1.82) is 0 Å². The van der Waals surface area contributed by atoms with Crippen LogP contribution in [0.5, 0.6) is 0 Å². The molecule has 2 aromatic heterocycles. The van der Waals surface area contributed by atoms with Crippen molar-refractivity contribution in [2.45, 2.75) is 0 Å². The fourth-order valence-corrected chi connectivity index (χ4v) is 7.84. The summed E-state index contributed by atoms with van der Waals surface area (Å²) in [6.07, 6.45) is 4.46. The standard InChI is InChI=1S/C51H39N6P/c1-58(2,3)45-30-16-26-41(34-45)40-25-15-29-44(33-40)51-56-48(37-21-11-6-12-22-37)55-50(57-51)43-28-14-24-39(32-43)38-23-13-27-42(31-38)49-53-46(35-17-7-4-8-18-35)52-47(54-49)36-19-9-5-10-20-36/h4-34H,1H2,2-3H3. The molecule has 7 aromatic carbocycles. The van der Waals surface area contributed by atoms with Gasteiger partial charge in [0.25, 0.3) is 0 Å². The van der Waals surface area contributed by atoms with Gasteiger partial charge in [0.2, 0.25) is 0 Å². The van der Waals surface area contributed by atoms with Crippen LogP contribution in [0.25, 0.3) is 90.6 Å². The Hall–Kier alpha value is -7.14. The van der Waals surface area contributed by atoms with Gasteiger partial charge in [-0.15, -0.1) is 0 Å². The molecular formula is C51H39N6P. The highest BCUT2D eigenvalue weighted by atomic mass is 31.2. The van der Waals surface area contributed by atoms with Gasteiger partial charge < -0.3 is 0 Å². The summed E-state index contributed by atoms with van der Waals surface area (Å²) in [5.41, 5.74) is 9.74. The highest BCUT2D eigenvalue weighted by molar-refractivity contribution is 7.79. The van der Waals surface area contributed by atoms with Crippen LogP contribution in [-0.2, 0) is 0 Å². The van der Waals surface area contributed by atoms with Crippen LogP contribution in [0.3, 0.4) is 0 Å². The normalized spacial score (nSPS) is 11.3. The molecule has 0 aliphatic carbocycles. The van der Waals surface area contributed by atoms with E-state index in [1.807, 2.05) is 109 Å². The van der Waals surface area contributed by atoms with E-state index in [4.69, 9.17) is 29.9 Å². The van der Waals surface area contributed by atoms with Gasteiger partial charge in [-0.25, -0.2) is 29.9 Å². The molecule has 0 radical (unpaired) electrons. The lowest BCUT2D eigenvalue weighted by atomic mass is 10.00. The van der Waals surface area contributed by atoms with E-state index in [2.05, 4.69) is 98.5 Å². The molecule has 7 heteroatoms. The van der Waals surface area contributed by atoms with Gasteiger partial charge in [0.05, 0.1) is 0 Å². The Morgan fingerprint density at radius 1 is 0.276 bits per heavy atom. The Balaban J connectivity index is 1.11. The third-order valence-corrected chi connectivity index (χ3v) is 11.6. The summed E-state index contributed by atoms with van der Waals surface area (Å²) in [5, 5.41) is 1.29. The first-order valence-electron chi connectivity index (χ1n) is 19.1. The molecule has 0 saturated carbocycles. The Morgan fingerprint density at radius 3 is 0.828 bits per heavy atom. The minimum atomic E-state index is -1.43. The first-order valence-corrected chi connectivity index (χ1v) is 22.0. The van der Waals surface area contributed by atoms with Crippen LogP contribution in [0.4, 0.5) is 0 Å². The second-order valence-corrected chi connectivity index (χ2v) is 18.6. The Labute approximate surface area is 339 Å². The van der Waals surface area contributed by atoms with E-state index in [0.717, 1.165) is 55.6 Å². The molecule has 0 bridgehead atoms. The summed E-state index contributed by atoms with van der Waals surface area (Å²) in [5.74, 6) is 3.67. The lowest BCUT2D eigenvalue weighted by molar-refractivity contribution is 1.07. The maximum Gasteiger partial charge on any atom is 0.164 e. The zero-order valence-electron chi connectivity index (χ0n) is 32.2. The Kier molecular flexibility index (Phi) is 9.93. The molecule has 0 N–H and O–H groups in total. The van der Waals surface area contributed by atoms with Crippen LogP contribution in [0.2, 0.25) is 0 Å². The van der Waals surface area contributed by atoms with E-state index in [-0.39, 0.29) is 0 Å². The number of benzene rings is 7. The smallest absolute Gasteiger partial charge is 0.164 e. The van der Waals surface area contributed by atoms with E-state index in [1.165, 1.54) is 5.30 Å². The molecule has 2 heterocycles. The second kappa shape index (κ2) is 15.8. The van der Waals surface area contributed by atoms with Crippen LogP contribution in [0.1, 0.15) is 0 Å². The molecule has 0 amide bonds. The molecule has 6 nitrogen and oxygen atoms in total. The van der Waals surface area contributed by atoms with E-state index in [9.17, 15) is 0 Å². The molecule has 0 fully saturated rings. The maximum atomic E-state index is 5.11. The molecule has 0 saturated heterocycles. The largest absolute Gasteiger partial charge is 0.208 e. The zero-order valence-corrected chi connectivity index (χ0v) is 33.1. The number of rotatable bonds is 9. The summed E-state index contributed by atoms with van der Waals surface area (Å²) < 4.78 is 0. The van der Waals surface area contributed by atoms with Crippen molar-refractivity contribution < 1.29 is 0 Å². The van der Waals surface area contributed by atoms with Gasteiger partial charge >= 0.3 is 0 Å². The van der Waals surface area contributed by atoms with Crippen molar-refractivity contribution in [3.63, 3.8) is 0 Å². The van der Waals surface area contributed by atoms with Gasteiger partial charge in [-0.2, -0.15) is 0 Å². The summed E-state index contributed by atoms with van der Waals surface area (Å²) in [6, 6.07) is 63.9. The first-order chi connectivity index (χ1) is 28.3. The van der Waals surface area contributed by atoms with Gasteiger partial charge in [-0.1, -0.05) is 177 Å². The summed E-state index contributed by atoms with van der Waals surface area (Å²) >= 11 is 0. The molecule has 9 rings (SSSR count). The predicted octanol–water partition coefficient (Wildman–Crippen LogP) is 11.7. The highest BCUT2D eigenvalue weighted by Crippen LogP contribution is 2.36. The average molecular weight is 767 g/mol. The third kappa shape index (κ3) is 7.92. The summed E-state index contributed by atoms with van der Waals surface area (Å²) in [7, 11) is 0. The van der Waals surface area contributed by atoms with Gasteiger partial charge in [0, 0.05) is 33.4 Å². The number of hydrogen-bond donors (Lipinski definition) is 0. The molecular weight excluding hydrogens is 728 g/mol. The quantitative estimate of drug-likeness (QED) is 0.136. The number of hydrogen-bond acceptors (Lipinski definition) is 6. The summed E-state index contributed by atoms with van der Waals surface area (Å²) in [4.78, 5) is 30.0. The minimum absolute atomic E-state index is 0.593. The number of nitrogens with zero attached hydrogens (tertiary/aromatic N) is 6. The van der Waals surface area contributed by atoms with Crippen molar-refractivity contribution in [1.82, 2.24) is 29.9 Å². The minimum Gasteiger partial charge on any atom is -0.208 e. The van der Waals surface area contributed by atoms with Crippen LogP contribution >= 0.6 is 6.89 Å². The monoisotopic (exact) mass is 766 g/mol. The fourth-order valence-electron chi connectivity index (χ4n) is 6.86. The SMILES string of the molecule is C=P(C)(C)c1cccc(-c2cccc(-c3nc(-c4ccccc4)nc(-c4cccc(-c5cccc(-c6nc(-c7ccccc7)nc(-c7ccccc7)n6)c5)c4)n3)c2)c1. The van der Waals surface area contributed by atoms with Crippen LogP contribution in [-0.4, -0.2) is 49.5 Å². The zero-order chi connectivity index (χ0) is 39.5. The van der Waals surface area contributed by atoms with Crippen molar-refractivity contribution in [2.24, 2.45) is 0 Å². The van der Waals surface area contributed by atoms with Crippen molar-refractivity contribution in [3.05, 3.63) is 188 Å². The lowest BCUT2D eigenvalue weighted by Gasteiger charge is -2.15. The lowest BCUT2D eigenvalue weighted by Crippen LogP contribution is -2.03. The maximum absolute atomic E-state index is 5.11. The Bertz CT molecular complexity index is 2890. The van der Waals surface area contributed by atoms with Crippen LogP contribution in [0, 0.1) is 0 Å². The van der Waals surface area contributed by atoms with Crippen LogP contribution in [0.15, 0.2) is 188 Å². The predicted molar refractivity (Wildman–Crippen MR) is 242 cm³/mol. The molecule has 0 aliphatic heterocycles. The molecule has 58 heavy (non-hydrogen) atoms. The molecule has 0 aliphatic rings. The number of aromatic nitrogens is 6. The van der Waals surface area contributed by atoms with Gasteiger partial charge in [-0.05, 0) is 65.2 Å². The van der Waals surface area contributed by atoms with E-state index < -0.39 is 6.89 Å². The molecule has 9 aromatic rings.